The molecule has 0 aromatic heterocycles. The highest BCUT2D eigenvalue weighted by atomic mass is 16.5. The summed E-state index contributed by atoms with van der Waals surface area (Å²) in [4.78, 5) is 26.5. The van der Waals surface area contributed by atoms with E-state index in [-0.39, 0.29) is 11.9 Å². The number of hydrogen-bond acceptors (Lipinski definition) is 3. The van der Waals surface area contributed by atoms with Gasteiger partial charge >= 0.3 is 6.03 Å². The number of urea groups is 1. The number of nitrogens with zero attached hydrogens (tertiary/aromatic N) is 1. The number of hydrogen-bond donors (Lipinski definition) is 2. The Kier molecular flexibility index (Phi) is 7.25. The fourth-order valence-corrected chi connectivity index (χ4v) is 3.18. The number of carbonyl (C=O) groups is 2. The van der Waals surface area contributed by atoms with Gasteiger partial charge in [-0.1, -0.05) is 38.1 Å². The van der Waals surface area contributed by atoms with Crippen LogP contribution in [0, 0.1) is 5.92 Å². The lowest BCUT2D eigenvalue weighted by Gasteiger charge is -2.16. The molecule has 0 unspecified atom stereocenters. The molecule has 0 saturated heterocycles. The highest BCUT2D eigenvalue weighted by molar-refractivity contribution is 5.95. The van der Waals surface area contributed by atoms with Crippen LogP contribution in [-0.2, 0) is 17.8 Å². The highest BCUT2D eigenvalue weighted by Crippen LogP contribution is 2.23. The van der Waals surface area contributed by atoms with E-state index in [1.807, 2.05) is 24.3 Å². The van der Waals surface area contributed by atoms with Gasteiger partial charge in [-0.05, 0) is 47.7 Å². The first-order chi connectivity index (χ1) is 14.0. The number of nitrogens with one attached hydrogen (secondary N) is 2. The van der Waals surface area contributed by atoms with E-state index in [4.69, 9.17) is 4.74 Å². The Morgan fingerprint density at radius 2 is 1.69 bits per heavy atom. The van der Waals surface area contributed by atoms with E-state index in [1.54, 1.807) is 29.2 Å². The van der Waals surface area contributed by atoms with Gasteiger partial charge in [-0.3, -0.25) is 4.79 Å². The van der Waals surface area contributed by atoms with Gasteiger partial charge in [0.15, 0.2) is 0 Å². The summed E-state index contributed by atoms with van der Waals surface area (Å²) in [5.74, 6) is 0.395. The van der Waals surface area contributed by atoms with Crippen LogP contribution in [-0.4, -0.2) is 36.6 Å². The Bertz CT molecular complexity index is 809. The van der Waals surface area contributed by atoms with Gasteiger partial charge < -0.3 is 20.3 Å². The number of fused-ring (bicyclic) bond motifs is 1. The molecular formula is C23H29N3O3. The molecule has 0 fully saturated rings. The van der Waals surface area contributed by atoms with Gasteiger partial charge in [0.25, 0.3) is 5.91 Å². The molecule has 1 aliphatic rings. The second kappa shape index (κ2) is 10.1. The molecular weight excluding hydrogens is 366 g/mol. The van der Waals surface area contributed by atoms with E-state index in [1.165, 1.54) is 11.1 Å². The standard InChI is InChI=1S/C23H29N3O3/c1-17(2)16-29-13-5-12-24-22(27)18-8-10-21(11-9-18)25-23(28)26-14-19-6-3-4-7-20(19)15-26/h3-4,6-11,17H,5,12-16H2,1-2H3,(H,24,27)(H,25,28). The smallest absolute Gasteiger partial charge is 0.322 e. The lowest BCUT2D eigenvalue weighted by Crippen LogP contribution is -2.30. The lowest BCUT2D eigenvalue weighted by molar-refractivity contribution is 0.0925. The second-order valence-electron chi connectivity index (χ2n) is 7.71. The Labute approximate surface area is 172 Å². The topological polar surface area (TPSA) is 70.7 Å². The van der Waals surface area contributed by atoms with E-state index in [9.17, 15) is 9.59 Å². The summed E-state index contributed by atoms with van der Waals surface area (Å²) in [7, 11) is 0. The fourth-order valence-electron chi connectivity index (χ4n) is 3.18. The molecule has 1 heterocycles. The van der Waals surface area contributed by atoms with Crippen LogP contribution >= 0.6 is 0 Å². The van der Waals surface area contributed by atoms with Crippen molar-refractivity contribution in [1.29, 1.82) is 0 Å². The molecule has 3 amide bonds. The monoisotopic (exact) mass is 395 g/mol. The molecule has 29 heavy (non-hydrogen) atoms. The average molecular weight is 396 g/mol. The minimum atomic E-state index is -0.139. The third-order valence-electron chi connectivity index (χ3n) is 4.73. The van der Waals surface area contributed by atoms with Crippen molar-refractivity contribution in [1.82, 2.24) is 10.2 Å². The summed E-state index contributed by atoms with van der Waals surface area (Å²) in [5, 5.41) is 5.79. The summed E-state index contributed by atoms with van der Waals surface area (Å²) in [6.07, 6.45) is 0.783. The maximum absolute atomic E-state index is 12.5. The van der Waals surface area contributed by atoms with Crippen molar-refractivity contribution in [2.24, 2.45) is 5.92 Å². The van der Waals surface area contributed by atoms with Crippen LogP contribution in [0.4, 0.5) is 10.5 Å². The zero-order chi connectivity index (χ0) is 20.6. The Morgan fingerprint density at radius 1 is 1.03 bits per heavy atom. The number of ether oxygens (including phenoxy) is 1. The third-order valence-corrected chi connectivity index (χ3v) is 4.73. The minimum absolute atomic E-state index is 0.123. The first-order valence-electron chi connectivity index (χ1n) is 10.1. The molecule has 0 radical (unpaired) electrons. The first-order valence-corrected chi connectivity index (χ1v) is 10.1. The van der Waals surface area contributed by atoms with Crippen molar-refractivity contribution in [3.8, 4) is 0 Å². The van der Waals surface area contributed by atoms with Crippen LogP contribution in [0.3, 0.4) is 0 Å². The second-order valence-corrected chi connectivity index (χ2v) is 7.71. The number of benzene rings is 2. The van der Waals surface area contributed by atoms with E-state index in [2.05, 4.69) is 24.5 Å². The van der Waals surface area contributed by atoms with Crippen molar-refractivity contribution in [2.45, 2.75) is 33.4 Å². The molecule has 3 rings (SSSR count). The Hall–Kier alpha value is -2.86. The van der Waals surface area contributed by atoms with E-state index < -0.39 is 0 Å². The summed E-state index contributed by atoms with van der Waals surface area (Å²) in [5.41, 5.74) is 3.61. The zero-order valence-corrected chi connectivity index (χ0v) is 17.1. The number of rotatable bonds is 8. The van der Waals surface area contributed by atoms with E-state index >= 15 is 0 Å². The van der Waals surface area contributed by atoms with E-state index in [0.29, 0.717) is 43.4 Å². The Balaban J connectivity index is 1.42. The molecule has 0 aliphatic carbocycles. The van der Waals surface area contributed by atoms with Crippen molar-refractivity contribution < 1.29 is 14.3 Å². The summed E-state index contributed by atoms with van der Waals surface area (Å²) in [6.45, 7) is 7.40. The third kappa shape index (κ3) is 6.06. The van der Waals surface area contributed by atoms with Crippen molar-refractivity contribution in [3.63, 3.8) is 0 Å². The van der Waals surface area contributed by atoms with Crippen molar-refractivity contribution in [3.05, 3.63) is 65.2 Å². The zero-order valence-electron chi connectivity index (χ0n) is 17.1. The molecule has 0 saturated carbocycles. The molecule has 2 N–H and O–H groups in total. The van der Waals surface area contributed by atoms with Crippen LogP contribution in [0.1, 0.15) is 41.8 Å². The molecule has 0 bridgehead atoms. The van der Waals surface area contributed by atoms with Gasteiger partial charge in [0, 0.05) is 44.1 Å². The van der Waals surface area contributed by atoms with Crippen LogP contribution in [0.2, 0.25) is 0 Å². The molecule has 2 aromatic carbocycles. The molecule has 2 aromatic rings. The minimum Gasteiger partial charge on any atom is -0.381 e. The van der Waals surface area contributed by atoms with Crippen molar-refractivity contribution in [2.75, 3.05) is 25.1 Å². The van der Waals surface area contributed by atoms with Crippen LogP contribution in [0.25, 0.3) is 0 Å². The number of amides is 3. The molecule has 154 valence electrons. The molecule has 6 heteroatoms. The van der Waals surface area contributed by atoms with Gasteiger partial charge in [-0.2, -0.15) is 0 Å². The van der Waals surface area contributed by atoms with Crippen LogP contribution in [0.5, 0.6) is 0 Å². The quantitative estimate of drug-likeness (QED) is 0.663. The lowest BCUT2D eigenvalue weighted by atomic mass is 10.1. The first kappa shape index (κ1) is 20.9. The fraction of sp³-hybridized carbons (Fsp3) is 0.391. The van der Waals surface area contributed by atoms with Crippen LogP contribution < -0.4 is 10.6 Å². The van der Waals surface area contributed by atoms with Crippen molar-refractivity contribution >= 4 is 17.6 Å². The molecule has 0 atom stereocenters. The largest absolute Gasteiger partial charge is 0.381 e. The summed E-state index contributed by atoms with van der Waals surface area (Å²) >= 11 is 0. The Morgan fingerprint density at radius 3 is 2.31 bits per heavy atom. The predicted octanol–water partition coefficient (Wildman–Crippen LogP) is 4.03. The highest BCUT2D eigenvalue weighted by Gasteiger charge is 2.22. The van der Waals surface area contributed by atoms with Crippen LogP contribution in [0.15, 0.2) is 48.5 Å². The number of anilines is 1. The normalized spacial score (nSPS) is 12.7. The van der Waals surface area contributed by atoms with Gasteiger partial charge in [0.2, 0.25) is 0 Å². The number of carbonyl (C=O) groups excluding carboxylic acids is 2. The predicted molar refractivity (Wildman–Crippen MR) is 114 cm³/mol. The van der Waals surface area contributed by atoms with Gasteiger partial charge in [-0.15, -0.1) is 0 Å². The maximum Gasteiger partial charge on any atom is 0.322 e. The molecule has 1 aliphatic heterocycles. The van der Waals surface area contributed by atoms with Gasteiger partial charge in [0.1, 0.15) is 0 Å². The van der Waals surface area contributed by atoms with Gasteiger partial charge in [-0.25, -0.2) is 4.79 Å². The SMILES string of the molecule is CC(C)COCCCNC(=O)c1ccc(NC(=O)N2Cc3ccccc3C2)cc1. The average Bonchev–Trinajstić information content (AvgIpc) is 3.15. The summed E-state index contributed by atoms with van der Waals surface area (Å²) in [6, 6.07) is 14.9. The molecule has 0 spiro atoms. The molecule has 6 nitrogen and oxygen atoms in total. The maximum atomic E-state index is 12.5. The van der Waals surface area contributed by atoms with E-state index in [0.717, 1.165) is 13.0 Å². The van der Waals surface area contributed by atoms with Gasteiger partial charge in [0.05, 0.1) is 0 Å². The summed E-state index contributed by atoms with van der Waals surface area (Å²) < 4.78 is 5.50.